The van der Waals surface area contributed by atoms with Crippen LogP contribution < -0.4 is 20.9 Å². The van der Waals surface area contributed by atoms with Crippen LogP contribution in [0.3, 0.4) is 0 Å². The molecule has 0 aliphatic heterocycles. The van der Waals surface area contributed by atoms with Crippen LogP contribution in [0.25, 0.3) is 0 Å². The van der Waals surface area contributed by atoms with Gasteiger partial charge in [0.2, 0.25) is 11.9 Å². The monoisotopic (exact) mass is 338 g/mol. The summed E-state index contributed by atoms with van der Waals surface area (Å²) in [7, 11) is 3.64. The minimum atomic E-state index is 0.168. The van der Waals surface area contributed by atoms with E-state index in [2.05, 4.69) is 36.3 Å². The molecule has 0 bridgehead atoms. The van der Waals surface area contributed by atoms with Crippen molar-refractivity contribution < 1.29 is 4.74 Å². The van der Waals surface area contributed by atoms with Crippen LogP contribution in [0.4, 0.5) is 11.9 Å². The van der Waals surface area contributed by atoms with E-state index in [1.165, 1.54) is 0 Å². The van der Waals surface area contributed by atoms with E-state index in [1.54, 1.807) is 4.90 Å². The molecule has 2 aromatic rings. The van der Waals surface area contributed by atoms with Crippen molar-refractivity contribution in [3.8, 4) is 11.8 Å². The van der Waals surface area contributed by atoms with E-state index >= 15 is 0 Å². The fourth-order valence-corrected chi connectivity index (χ4v) is 2.02. The van der Waals surface area contributed by atoms with Gasteiger partial charge in [-0.1, -0.05) is 6.07 Å². The average molecular weight is 339 g/mol. The van der Waals surface area contributed by atoms with Crippen LogP contribution in [0, 0.1) is 6.92 Å². The molecule has 1 aromatic carbocycles. The lowest BCUT2D eigenvalue weighted by Crippen LogP contribution is -2.17. The Bertz CT molecular complexity index is 619. The zero-order valence-electron chi connectivity index (χ0n) is 11.4. The summed E-state index contributed by atoms with van der Waals surface area (Å²) in [5.74, 6) is 6.65. The highest BCUT2D eigenvalue weighted by Gasteiger charge is 2.11. The molecule has 0 atom stereocenters. The Morgan fingerprint density at radius 2 is 2.00 bits per heavy atom. The fourth-order valence-electron chi connectivity index (χ4n) is 1.44. The summed E-state index contributed by atoms with van der Waals surface area (Å²) in [4.78, 5) is 14.1. The lowest BCUT2D eigenvalue weighted by molar-refractivity contribution is 0.438. The van der Waals surface area contributed by atoms with Gasteiger partial charge in [-0.2, -0.15) is 15.0 Å². The van der Waals surface area contributed by atoms with Gasteiger partial charge >= 0.3 is 6.01 Å². The smallest absolute Gasteiger partial charge is 0.328 e. The SMILES string of the molecule is Cc1ccc(Oc2nc(NN)nc(N(C)C)n2)c(Br)c1. The average Bonchev–Trinajstić information content (AvgIpc) is 2.41. The van der Waals surface area contributed by atoms with E-state index < -0.39 is 0 Å². The molecule has 1 heterocycles. The molecule has 0 fully saturated rings. The fraction of sp³-hybridized carbons (Fsp3) is 0.250. The number of nitrogens with one attached hydrogen (secondary N) is 1. The molecule has 0 unspecified atom stereocenters. The number of nitrogens with two attached hydrogens (primary N) is 1. The van der Waals surface area contributed by atoms with Gasteiger partial charge in [-0.15, -0.1) is 0 Å². The lowest BCUT2D eigenvalue weighted by Gasteiger charge is -2.13. The molecule has 0 spiro atoms. The summed E-state index contributed by atoms with van der Waals surface area (Å²) in [6, 6.07) is 5.90. The third-order valence-electron chi connectivity index (χ3n) is 2.42. The molecular weight excluding hydrogens is 324 g/mol. The summed E-state index contributed by atoms with van der Waals surface area (Å²) >= 11 is 3.44. The Morgan fingerprint density at radius 1 is 1.25 bits per heavy atom. The number of rotatable bonds is 4. The Morgan fingerprint density at radius 3 is 2.60 bits per heavy atom. The van der Waals surface area contributed by atoms with Crippen LogP contribution in [0.5, 0.6) is 11.8 Å². The summed E-state index contributed by atoms with van der Waals surface area (Å²) in [6.07, 6.45) is 0. The first-order valence-corrected chi connectivity index (χ1v) is 6.63. The zero-order valence-corrected chi connectivity index (χ0v) is 13.0. The molecule has 0 saturated heterocycles. The van der Waals surface area contributed by atoms with Crippen LogP contribution in [0.15, 0.2) is 22.7 Å². The minimum Gasteiger partial charge on any atom is -0.423 e. The molecule has 0 radical (unpaired) electrons. The van der Waals surface area contributed by atoms with Crippen molar-refractivity contribution in [1.82, 2.24) is 15.0 Å². The second kappa shape index (κ2) is 6.02. The van der Waals surface area contributed by atoms with Crippen LogP contribution in [0.1, 0.15) is 5.56 Å². The third kappa shape index (κ3) is 3.34. The molecule has 8 heteroatoms. The van der Waals surface area contributed by atoms with Crippen molar-refractivity contribution >= 4 is 27.8 Å². The van der Waals surface area contributed by atoms with Crippen LogP contribution in [-0.2, 0) is 0 Å². The van der Waals surface area contributed by atoms with Crippen molar-refractivity contribution in [1.29, 1.82) is 0 Å². The molecule has 1 aromatic heterocycles. The lowest BCUT2D eigenvalue weighted by atomic mass is 10.2. The molecule has 0 amide bonds. The van der Waals surface area contributed by atoms with Gasteiger partial charge in [0, 0.05) is 14.1 Å². The number of aryl methyl sites for hydroxylation is 1. The topological polar surface area (TPSA) is 89.2 Å². The molecular formula is C12H15BrN6O. The summed E-state index contributed by atoms with van der Waals surface area (Å²) in [5, 5.41) is 0. The van der Waals surface area contributed by atoms with Gasteiger partial charge in [0.15, 0.2) is 0 Å². The van der Waals surface area contributed by atoms with Gasteiger partial charge in [-0.25, -0.2) is 5.84 Å². The number of hydrogen-bond donors (Lipinski definition) is 2. The Kier molecular flexibility index (Phi) is 4.35. The number of benzene rings is 1. The van der Waals surface area contributed by atoms with Gasteiger partial charge in [0.1, 0.15) is 5.75 Å². The van der Waals surface area contributed by atoms with Gasteiger partial charge in [0.25, 0.3) is 0 Å². The van der Waals surface area contributed by atoms with E-state index in [1.807, 2.05) is 39.2 Å². The number of aromatic nitrogens is 3. The molecule has 7 nitrogen and oxygen atoms in total. The van der Waals surface area contributed by atoms with Gasteiger partial charge < -0.3 is 9.64 Å². The standard InChI is InChI=1S/C12H15BrN6O/c1-7-4-5-9(8(13)6-7)20-12-16-10(18-14)15-11(17-12)19(2)3/h4-6H,14H2,1-3H3,(H,15,16,17,18). The van der Waals surface area contributed by atoms with Crippen LogP contribution >= 0.6 is 15.9 Å². The van der Waals surface area contributed by atoms with Crippen LogP contribution in [-0.4, -0.2) is 29.0 Å². The van der Waals surface area contributed by atoms with E-state index in [0.29, 0.717) is 11.7 Å². The molecule has 0 aliphatic rings. The summed E-state index contributed by atoms with van der Waals surface area (Å²) in [6.45, 7) is 2.00. The van der Waals surface area contributed by atoms with Crippen molar-refractivity contribution in [3.05, 3.63) is 28.2 Å². The molecule has 106 valence electrons. The number of nitrogens with zero attached hydrogens (tertiary/aromatic N) is 4. The van der Waals surface area contributed by atoms with Gasteiger partial charge in [0.05, 0.1) is 4.47 Å². The summed E-state index contributed by atoms with van der Waals surface area (Å²) < 4.78 is 6.49. The number of nitrogen functional groups attached to an aromatic ring is 1. The normalized spacial score (nSPS) is 10.2. The van der Waals surface area contributed by atoms with Gasteiger partial charge in [-0.3, -0.25) is 5.43 Å². The maximum atomic E-state index is 5.67. The maximum absolute atomic E-state index is 5.67. The zero-order chi connectivity index (χ0) is 14.7. The minimum absolute atomic E-state index is 0.168. The molecule has 0 saturated carbocycles. The third-order valence-corrected chi connectivity index (χ3v) is 3.04. The quantitative estimate of drug-likeness (QED) is 0.651. The first-order valence-electron chi connectivity index (χ1n) is 5.83. The van der Waals surface area contributed by atoms with E-state index in [-0.39, 0.29) is 12.0 Å². The predicted octanol–water partition coefficient (Wildman–Crippen LogP) is 2.09. The number of hydrazine groups is 1. The first-order chi connectivity index (χ1) is 9.49. The second-order valence-corrected chi connectivity index (χ2v) is 5.17. The number of hydrogen-bond acceptors (Lipinski definition) is 7. The van der Waals surface area contributed by atoms with Crippen molar-refractivity contribution in [3.63, 3.8) is 0 Å². The van der Waals surface area contributed by atoms with Crippen molar-refractivity contribution in [2.45, 2.75) is 6.92 Å². The van der Waals surface area contributed by atoms with E-state index in [0.717, 1.165) is 10.0 Å². The highest BCUT2D eigenvalue weighted by atomic mass is 79.9. The Hall–Kier alpha value is -1.93. The number of ether oxygens (including phenoxy) is 1. The van der Waals surface area contributed by atoms with Crippen molar-refractivity contribution in [2.24, 2.45) is 5.84 Å². The molecule has 20 heavy (non-hydrogen) atoms. The first kappa shape index (κ1) is 14.5. The highest BCUT2D eigenvalue weighted by molar-refractivity contribution is 9.10. The maximum Gasteiger partial charge on any atom is 0.328 e. The van der Waals surface area contributed by atoms with Gasteiger partial charge in [-0.05, 0) is 40.5 Å². The predicted molar refractivity (Wildman–Crippen MR) is 80.9 cm³/mol. The molecule has 0 aliphatic carbocycles. The highest BCUT2D eigenvalue weighted by Crippen LogP contribution is 2.29. The number of halogens is 1. The largest absolute Gasteiger partial charge is 0.423 e. The van der Waals surface area contributed by atoms with E-state index in [9.17, 15) is 0 Å². The number of anilines is 2. The molecule has 3 N–H and O–H groups in total. The molecule has 2 rings (SSSR count). The second-order valence-electron chi connectivity index (χ2n) is 4.32. The Labute approximate surface area is 125 Å². The van der Waals surface area contributed by atoms with Crippen molar-refractivity contribution in [2.75, 3.05) is 24.4 Å². The van der Waals surface area contributed by atoms with Crippen LogP contribution in [0.2, 0.25) is 0 Å². The summed E-state index contributed by atoms with van der Waals surface area (Å²) in [5.41, 5.74) is 3.51. The Balaban J connectivity index is 2.34. The van der Waals surface area contributed by atoms with E-state index in [4.69, 9.17) is 10.6 Å².